The van der Waals surface area contributed by atoms with E-state index in [-0.39, 0.29) is 6.42 Å². The number of alkyl halides is 3. The highest BCUT2D eigenvalue weighted by Crippen LogP contribution is 2.38. The number of halogens is 3. The van der Waals surface area contributed by atoms with Crippen LogP contribution < -0.4 is 0 Å². The molecule has 2 rings (SSSR count). The minimum absolute atomic E-state index is 0.0929. The van der Waals surface area contributed by atoms with Crippen molar-refractivity contribution in [2.24, 2.45) is 5.16 Å². The predicted molar refractivity (Wildman–Crippen MR) is 48.7 cm³/mol. The minimum atomic E-state index is -4.34. The van der Waals surface area contributed by atoms with Crippen molar-refractivity contribution in [2.75, 3.05) is 20.1 Å². The molecule has 0 aromatic heterocycles. The van der Waals surface area contributed by atoms with E-state index in [0.717, 1.165) is 13.1 Å². The molecule has 0 bridgehead atoms. The molecule has 0 saturated carbocycles. The van der Waals surface area contributed by atoms with Gasteiger partial charge < -0.3 is 9.74 Å². The summed E-state index contributed by atoms with van der Waals surface area (Å²) in [6, 6.07) is 0. The Morgan fingerprint density at radius 2 is 1.93 bits per heavy atom. The van der Waals surface area contributed by atoms with Crippen molar-refractivity contribution >= 4 is 5.71 Å². The van der Waals surface area contributed by atoms with Crippen LogP contribution in [0.5, 0.6) is 0 Å². The lowest BCUT2D eigenvalue weighted by molar-refractivity contribution is -0.0606. The van der Waals surface area contributed by atoms with Gasteiger partial charge in [0, 0.05) is 32.4 Å². The van der Waals surface area contributed by atoms with Gasteiger partial charge >= 0.3 is 6.18 Å². The van der Waals surface area contributed by atoms with Crippen LogP contribution in [0.2, 0.25) is 0 Å². The first-order valence-corrected chi connectivity index (χ1v) is 4.92. The molecule has 6 heteroatoms. The lowest BCUT2D eigenvalue weighted by atomic mass is 9.87. The first-order valence-electron chi connectivity index (χ1n) is 4.92. The van der Waals surface area contributed by atoms with Gasteiger partial charge in [-0.1, -0.05) is 5.16 Å². The molecular formula is C9H13F3N2O. The normalized spacial score (nSPS) is 26.5. The molecule has 0 atom stereocenters. The van der Waals surface area contributed by atoms with Gasteiger partial charge in [0.15, 0.2) is 5.71 Å². The van der Waals surface area contributed by atoms with Gasteiger partial charge in [-0.15, -0.1) is 0 Å². The molecule has 0 unspecified atom stereocenters. The molecule has 0 aromatic rings. The topological polar surface area (TPSA) is 24.8 Å². The van der Waals surface area contributed by atoms with Crippen molar-refractivity contribution in [1.29, 1.82) is 0 Å². The molecule has 1 saturated heterocycles. The van der Waals surface area contributed by atoms with Gasteiger partial charge in [0.25, 0.3) is 0 Å². The molecular weight excluding hydrogens is 209 g/mol. The Balaban J connectivity index is 2.00. The fraction of sp³-hybridized carbons (Fsp3) is 0.889. The number of rotatable bonds is 0. The molecule has 1 spiro atoms. The highest BCUT2D eigenvalue weighted by Gasteiger charge is 2.49. The molecule has 15 heavy (non-hydrogen) atoms. The maximum Gasteiger partial charge on any atom is 0.432 e. The molecule has 2 aliphatic rings. The van der Waals surface area contributed by atoms with Crippen molar-refractivity contribution in [2.45, 2.75) is 31.0 Å². The van der Waals surface area contributed by atoms with E-state index in [1.807, 2.05) is 7.05 Å². The average Bonchev–Trinajstić information content (AvgIpc) is 2.55. The molecule has 3 nitrogen and oxygen atoms in total. The monoisotopic (exact) mass is 222 g/mol. The maximum absolute atomic E-state index is 12.4. The van der Waals surface area contributed by atoms with Gasteiger partial charge in [0.1, 0.15) is 5.60 Å². The van der Waals surface area contributed by atoms with Crippen LogP contribution in [0.25, 0.3) is 0 Å². The predicted octanol–water partition coefficient (Wildman–Crippen LogP) is 1.79. The van der Waals surface area contributed by atoms with Crippen LogP contribution in [0.4, 0.5) is 13.2 Å². The number of oxime groups is 1. The Kier molecular flexibility index (Phi) is 2.41. The van der Waals surface area contributed by atoms with Crippen molar-refractivity contribution < 1.29 is 18.0 Å². The van der Waals surface area contributed by atoms with Crippen LogP contribution in [-0.4, -0.2) is 42.5 Å². The van der Waals surface area contributed by atoms with E-state index in [1.165, 1.54) is 0 Å². The molecule has 86 valence electrons. The summed E-state index contributed by atoms with van der Waals surface area (Å²) in [5, 5.41) is 3.18. The van der Waals surface area contributed by atoms with E-state index in [4.69, 9.17) is 4.84 Å². The molecule has 0 aromatic carbocycles. The Bertz CT molecular complexity index is 280. The van der Waals surface area contributed by atoms with Crippen molar-refractivity contribution in [3.8, 4) is 0 Å². The summed E-state index contributed by atoms with van der Waals surface area (Å²) in [5.41, 5.74) is -1.45. The first-order chi connectivity index (χ1) is 6.91. The quantitative estimate of drug-likeness (QED) is 0.624. The molecule has 2 heterocycles. The number of likely N-dealkylation sites (tertiary alicyclic amines) is 1. The van der Waals surface area contributed by atoms with Gasteiger partial charge in [-0.05, 0) is 7.05 Å². The van der Waals surface area contributed by atoms with Gasteiger partial charge in [0.2, 0.25) is 0 Å². The Hall–Kier alpha value is -0.780. The Labute approximate surface area is 85.9 Å². The number of hydrogen-bond donors (Lipinski definition) is 0. The summed E-state index contributed by atoms with van der Waals surface area (Å²) in [6.07, 6.45) is -3.20. The lowest BCUT2D eigenvalue weighted by Crippen LogP contribution is -2.43. The van der Waals surface area contributed by atoms with E-state index in [9.17, 15) is 13.2 Å². The van der Waals surface area contributed by atoms with E-state index in [1.54, 1.807) is 0 Å². The van der Waals surface area contributed by atoms with Crippen LogP contribution in [0.3, 0.4) is 0 Å². The fourth-order valence-corrected chi connectivity index (χ4v) is 1.97. The van der Waals surface area contributed by atoms with Crippen LogP contribution >= 0.6 is 0 Å². The SMILES string of the molecule is CN1CCC2(CC1)CC(C(F)(F)F)=NO2. The summed E-state index contributed by atoms with van der Waals surface area (Å²) in [5.74, 6) is 0. The van der Waals surface area contributed by atoms with Crippen molar-refractivity contribution in [3.05, 3.63) is 0 Å². The van der Waals surface area contributed by atoms with E-state index < -0.39 is 17.5 Å². The van der Waals surface area contributed by atoms with Gasteiger partial charge in [-0.3, -0.25) is 0 Å². The third kappa shape index (κ3) is 2.09. The van der Waals surface area contributed by atoms with E-state index in [0.29, 0.717) is 12.8 Å². The third-order valence-electron chi connectivity index (χ3n) is 3.06. The molecule has 0 N–H and O–H groups in total. The van der Waals surface area contributed by atoms with Gasteiger partial charge in [-0.2, -0.15) is 13.2 Å². The highest BCUT2D eigenvalue weighted by molar-refractivity contribution is 5.91. The Morgan fingerprint density at radius 3 is 2.40 bits per heavy atom. The van der Waals surface area contributed by atoms with Crippen LogP contribution in [0.15, 0.2) is 5.16 Å². The van der Waals surface area contributed by atoms with Crippen molar-refractivity contribution in [3.63, 3.8) is 0 Å². The maximum atomic E-state index is 12.4. The molecule has 2 aliphatic heterocycles. The smallest absolute Gasteiger partial charge is 0.388 e. The third-order valence-corrected chi connectivity index (χ3v) is 3.06. The zero-order chi connectivity index (χ0) is 11.1. The second-order valence-corrected chi connectivity index (χ2v) is 4.29. The number of hydrogen-bond acceptors (Lipinski definition) is 3. The Morgan fingerprint density at radius 1 is 1.33 bits per heavy atom. The summed E-state index contributed by atoms with van der Waals surface area (Å²) in [6.45, 7) is 1.53. The highest BCUT2D eigenvalue weighted by atomic mass is 19.4. The van der Waals surface area contributed by atoms with Crippen LogP contribution in [0, 0.1) is 0 Å². The molecule has 0 aliphatic carbocycles. The van der Waals surface area contributed by atoms with Crippen LogP contribution in [-0.2, 0) is 4.84 Å². The number of nitrogens with zero attached hydrogens (tertiary/aromatic N) is 2. The average molecular weight is 222 g/mol. The number of piperidine rings is 1. The second-order valence-electron chi connectivity index (χ2n) is 4.29. The zero-order valence-electron chi connectivity index (χ0n) is 8.47. The summed E-state index contributed by atoms with van der Waals surface area (Å²) < 4.78 is 37.1. The molecule has 1 fully saturated rings. The van der Waals surface area contributed by atoms with Gasteiger partial charge in [0.05, 0.1) is 0 Å². The van der Waals surface area contributed by atoms with Gasteiger partial charge in [-0.25, -0.2) is 0 Å². The lowest BCUT2D eigenvalue weighted by Gasteiger charge is -2.35. The standard InChI is InChI=1S/C9H13F3N2O/c1-14-4-2-8(3-5-14)6-7(13-15-8)9(10,11)12/h2-6H2,1H3. The molecule has 0 radical (unpaired) electrons. The molecule has 0 amide bonds. The van der Waals surface area contributed by atoms with E-state index >= 15 is 0 Å². The fourth-order valence-electron chi connectivity index (χ4n) is 1.97. The minimum Gasteiger partial charge on any atom is -0.388 e. The second kappa shape index (κ2) is 3.37. The first kappa shape index (κ1) is 10.7. The summed E-state index contributed by atoms with van der Waals surface area (Å²) in [7, 11) is 1.95. The van der Waals surface area contributed by atoms with Crippen LogP contribution in [0.1, 0.15) is 19.3 Å². The summed E-state index contributed by atoms with van der Waals surface area (Å²) >= 11 is 0. The van der Waals surface area contributed by atoms with Crippen molar-refractivity contribution in [1.82, 2.24) is 4.90 Å². The summed E-state index contributed by atoms with van der Waals surface area (Å²) in [4.78, 5) is 7.09. The zero-order valence-corrected chi connectivity index (χ0v) is 8.47. The largest absolute Gasteiger partial charge is 0.432 e. The van der Waals surface area contributed by atoms with E-state index in [2.05, 4.69) is 10.1 Å².